The quantitative estimate of drug-likeness (QED) is 0.116. The highest BCUT2D eigenvalue weighted by Crippen LogP contribution is 2.43. The van der Waals surface area contributed by atoms with Crippen molar-refractivity contribution < 1.29 is 40.6 Å². The molecule has 1 N–H and O–H groups in total. The first-order valence-electron chi connectivity index (χ1n) is 14.3. The van der Waals surface area contributed by atoms with E-state index in [1.807, 2.05) is 24.3 Å². The van der Waals surface area contributed by atoms with Gasteiger partial charge in [0.05, 0.1) is 22.8 Å². The van der Waals surface area contributed by atoms with Gasteiger partial charge in [0, 0.05) is 31.8 Å². The molecule has 0 bridgehead atoms. The summed E-state index contributed by atoms with van der Waals surface area (Å²) < 4.78 is 82.5. The number of nitrogens with one attached hydrogen (secondary N) is 1. The number of carbonyl (C=O) groups excluding carboxylic acids is 1. The fraction of sp³-hybridized carbons (Fsp3) is 0.265. The van der Waals surface area contributed by atoms with Gasteiger partial charge in [0.15, 0.2) is 6.79 Å². The normalized spacial score (nSPS) is 12.4. The van der Waals surface area contributed by atoms with Crippen LogP contribution in [0.1, 0.15) is 39.5 Å². The lowest BCUT2D eigenvalue weighted by Crippen LogP contribution is -2.16. The second kappa shape index (κ2) is 13.3. The molecule has 1 aliphatic carbocycles. The monoisotopic (exact) mass is 639 g/mol. The third-order valence-electron chi connectivity index (χ3n) is 7.50. The number of ether oxygens (including phenoxy) is 3. The molecule has 4 aromatic carbocycles. The van der Waals surface area contributed by atoms with E-state index in [4.69, 9.17) is 14.2 Å². The summed E-state index contributed by atoms with van der Waals surface area (Å²) in [6.07, 6.45) is -4.39. The summed E-state index contributed by atoms with van der Waals surface area (Å²) in [4.78, 5) is 12.3. The van der Waals surface area contributed by atoms with E-state index in [2.05, 4.69) is 5.32 Å². The minimum absolute atomic E-state index is 0.0134. The fourth-order valence-electron chi connectivity index (χ4n) is 5.44. The predicted octanol–water partition coefficient (Wildman–Crippen LogP) is 7.01. The molecule has 4 aromatic rings. The lowest BCUT2D eigenvalue weighted by Gasteiger charge is -2.18. The Morgan fingerprint density at radius 2 is 1.67 bits per heavy atom. The molecule has 0 aromatic heterocycles. The lowest BCUT2D eigenvalue weighted by molar-refractivity contribution is -0.127. The zero-order valence-electron chi connectivity index (χ0n) is 24.7. The van der Waals surface area contributed by atoms with Gasteiger partial charge in [0.1, 0.15) is 11.3 Å². The van der Waals surface area contributed by atoms with Gasteiger partial charge in [-0.25, -0.2) is 13.2 Å². The minimum Gasteiger partial charge on any atom is -0.467 e. The van der Waals surface area contributed by atoms with Gasteiger partial charge < -0.3 is 19.5 Å². The highest BCUT2D eigenvalue weighted by molar-refractivity contribution is 7.91. The zero-order chi connectivity index (χ0) is 32.2. The van der Waals surface area contributed by atoms with E-state index in [1.54, 1.807) is 31.2 Å². The molecule has 11 heteroatoms. The summed E-state index contributed by atoms with van der Waals surface area (Å²) in [7, 11) is -2.58. The van der Waals surface area contributed by atoms with Crippen molar-refractivity contribution in [1.82, 2.24) is 0 Å². The number of alkyl halides is 3. The Kier molecular flexibility index (Phi) is 9.50. The molecule has 0 saturated heterocycles. The van der Waals surface area contributed by atoms with Crippen LogP contribution in [-0.2, 0) is 38.6 Å². The van der Waals surface area contributed by atoms with Crippen molar-refractivity contribution in [2.45, 2.75) is 42.2 Å². The van der Waals surface area contributed by atoms with Gasteiger partial charge in [-0.15, -0.1) is 0 Å². The first-order valence-corrected chi connectivity index (χ1v) is 15.8. The van der Waals surface area contributed by atoms with Gasteiger partial charge in [-0.1, -0.05) is 48.5 Å². The van der Waals surface area contributed by atoms with E-state index in [9.17, 15) is 26.4 Å². The highest BCUT2D eigenvalue weighted by atomic mass is 32.2. The maximum Gasteiger partial charge on any atom is 0.393 e. The molecule has 0 saturated carbocycles. The van der Waals surface area contributed by atoms with Crippen LogP contribution in [0, 0.1) is 0 Å². The summed E-state index contributed by atoms with van der Waals surface area (Å²) >= 11 is 0. The molecule has 0 fully saturated rings. The number of sulfone groups is 1. The number of benzene rings is 4. The van der Waals surface area contributed by atoms with Crippen LogP contribution in [0.15, 0.2) is 88.7 Å². The molecule has 0 spiro atoms. The fourth-order valence-corrected chi connectivity index (χ4v) is 6.71. The Morgan fingerprint density at radius 1 is 0.933 bits per heavy atom. The Morgan fingerprint density at radius 3 is 2.38 bits per heavy atom. The number of esters is 1. The third kappa shape index (κ3) is 7.15. The van der Waals surface area contributed by atoms with Gasteiger partial charge >= 0.3 is 12.1 Å². The molecular weight excluding hydrogens is 607 g/mol. The van der Waals surface area contributed by atoms with Crippen molar-refractivity contribution >= 4 is 21.5 Å². The number of fused-ring (bicyclic) bond motifs is 3. The van der Waals surface area contributed by atoms with Crippen LogP contribution in [0.4, 0.5) is 18.9 Å². The van der Waals surface area contributed by atoms with E-state index >= 15 is 0 Å². The maximum absolute atomic E-state index is 13.4. The molecule has 0 radical (unpaired) electrons. The van der Waals surface area contributed by atoms with Crippen molar-refractivity contribution in [2.24, 2.45) is 0 Å². The van der Waals surface area contributed by atoms with E-state index in [0.29, 0.717) is 25.1 Å². The second-order valence-electron chi connectivity index (χ2n) is 10.5. The molecule has 0 amide bonds. The summed E-state index contributed by atoms with van der Waals surface area (Å²) in [6.45, 7) is 1.94. The third-order valence-corrected chi connectivity index (χ3v) is 9.27. The van der Waals surface area contributed by atoms with E-state index in [-0.39, 0.29) is 40.1 Å². The number of carbonyl (C=O) groups is 1. The summed E-state index contributed by atoms with van der Waals surface area (Å²) in [6, 6.07) is 21.3. The van der Waals surface area contributed by atoms with E-state index < -0.39 is 28.4 Å². The molecule has 1 aliphatic rings. The standard InChI is InChI=1S/C34H32F3NO6S/c1-3-43-33(39)29-15-13-26(19-31(29)44-21-42-2)45(40,41)25-11-8-22(9-12-25)16-17-38-32-24(20-34(35,36)37)10-14-28-27-7-5-4-6-23(27)18-30(28)32/h4-15,19,38H,3,16-18,20-21H2,1-2H3. The van der Waals surface area contributed by atoms with Crippen molar-refractivity contribution in [2.75, 3.05) is 32.4 Å². The number of hydrogen-bond donors (Lipinski definition) is 1. The molecule has 0 atom stereocenters. The van der Waals surface area contributed by atoms with Crippen molar-refractivity contribution in [1.29, 1.82) is 0 Å². The summed E-state index contributed by atoms with van der Waals surface area (Å²) in [5, 5.41) is 3.26. The SMILES string of the molecule is CCOC(=O)c1ccc(S(=O)(=O)c2ccc(CCNc3c(CC(F)(F)F)ccc4c3Cc3ccccc3-4)cc2)cc1OCOC. The molecule has 0 unspecified atom stereocenters. The molecule has 0 heterocycles. The van der Waals surface area contributed by atoms with E-state index in [0.717, 1.165) is 27.8 Å². The summed E-state index contributed by atoms with van der Waals surface area (Å²) in [5.41, 5.74) is 5.44. The van der Waals surface area contributed by atoms with Crippen molar-refractivity contribution in [3.8, 4) is 16.9 Å². The first kappa shape index (κ1) is 32.1. The average molecular weight is 640 g/mol. The molecule has 5 rings (SSSR count). The van der Waals surface area contributed by atoms with Crippen LogP contribution < -0.4 is 10.1 Å². The van der Waals surface area contributed by atoms with Crippen LogP contribution in [0.5, 0.6) is 5.75 Å². The van der Waals surface area contributed by atoms with Crippen LogP contribution in [0.3, 0.4) is 0 Å². The number of anilines is 1. The predicted molar refractivity (Wildman–Crippen MR) is 163 cm³/mol. The Balaban J connectivity index is 1.32. The Hall–Kier alpha value is -4.35. The second-order valence-corrected chi connectivity index (χ2v) is 12.5. The smallest absolute Gasteiger partial charge is 0.393 e. The largest absolute Gasteiger partial charge is 0.467 e. The van der Waals surface area contributed by atoms with Crippen molar-refractivity contribution in [3.05, 3.63) is 107 Å². The van der Waals surface area contributed by atoms with Crippen LogP contribution in [0.2, 0.25) is 0 Å². The number of hydrogen-bond acceptors (Lipinski definition) is 7. The maximum atomic E-state index is 13.4. The van der Waals surface area contributed by atoms with Gasteiger partial charge in [-0.2, -0.15) is 13.2 Å². The topological polar surface area (TPSA) is 90.9 Å². The minimum atomic E-state index is -4.35. The van der Waals surface area contributed by atoms with Crippen LogP contribution >= 0.6 is 0 Å². The Bertz CT molecular complexity index is 1800. The van der Waals surface area contributed by atoms with Crippen LogP contribution in [0.25, 0.3) is 11.1 Å². The number of rotatable bonds is 12. The first-order chi connectivity index (χ1) is 21.5. The number of methoxy groups -OCH3 is 1. The highest BCUT2D eigenvalue weighted by Gasteiger charge is 2.31. The van der Waals surface area contributed by atoms with Crippen LogP contribution in [-0.4, -0.2) is 47.6 Å². The van der Waals surface area contributed by atoms with Gasteiger partial charge in [0.2, 0.25) is 9.84 Å². The average Bonchev–Trinajstić information content (AvgIpc) is 3.39. The van der Waals surface area contributed by atoms with Gasteiger partial charge in [-0.3, -0.25) is 0 Å². The van der Waals surface area contributed by atoms with Gasteiger partial charge in [0.25, 0.3) is 0 Å². The Labute approximate surface area is 259 Å². The molecule has 45 heavy (non-hydrogen) atoms. The molecule has 0 aliphatic heterocycles. The molecule has 7 nitrogen and oxygen atoms in total. The zero-order valence-corrected chi connectivity index (χ0v) is 25.6. The van der Waals surface area contributed by atoms with E-state index in [1.165, 1.54) is 37.4 Å². The molecular formula is C34H32F3NO6S. The number of halogens is 3. The van der Waals surface area contributed by atoms with Gasteiger partial charge in [-0.05, 0) is 71.0 Å². The molecule has 236 valence electrons. The summed E-state index contributed by atoms with van der Waals surface area (Å²) in [5.74, 6) is -0.638. The van der Waals surface area contributed by atoms with Crippen molar-refractivity contribution in [3.63, 3.8) is 0 Å². The lowest BCUT2D eigenvalue weighted by atomic mass is 9.98.